The number of carbonyl (C=O) groups excluding carboxylic acids is 1. The highest BCUT2D eigenvalue weighted by atomic mass is 79.9. The first kappa shape index (κ1) is 14.0. The number of rotatable bonds is 2. The van der Waals surface area contributed by atoms with Crippen LogP contribution in [-0.2, 0) is 11.2 Å². The monoisotopic (exact) mass is 342 g/mol. The van der Waals surface area contributed by atoms with E-state index in [0.29, 0.717) is 5.71 Å². The molecule has 2 aromatic carbocycles. The van der Waals surface area contributed by atoms with E-state index in [-0.39, 0.29) is 5.91 Å². The van der Waals surface area contributed by atoms with Crippen LogP contribution >= 0.6 is 15.9 Å². The largest absolute Gasteiger partial charge is 0.320 e. The summed E-state index contributed by atoms with van der Waals surface area (Å²) in [6.07, 6.45) is 0.888. The summed E-state index contributed by atoms with van der Waals surface area (Å²) in [4.78, 5) is 16.9. The standard InChI is InChI=1S/C17H15BrN2O/c1-3-11-6-4-5-7-14(11)19-16-13-9-12(18)8-10(2)15(13)20-17(16)21/h4-9H,3H2,1-2H3,(H,19,20,21). The quantitative estimate of drug-likeness (QED) is 0.863. The molecule has 0 spiro atoms. The van der Waals surface area contributed by atoms with E-state index in [9.17, 15) is 4.79 Å². The number of nitrogens with one attached hydrogen (secondary N) is 1. The Morgan fingerprint density at radius 3 is 2.76 bits per heavy atom. The van der Waals surface area contributed by atoms with E-state index in [1.807, 2.05) is 43.3 Å². The molecular weight excluding hydrogens is 328 g/mol. The Hall–Kier alpha value is -1.94. The van der Waals surface area contributed by atoms with E-state index in [2.05, 4.69) is 33.2 Å². The van der Waals surface area contributed by atoms with Crippen molar-refractivity contribution in [3.05, 3.63) is 57.6 Å². The molecule has 1 N–H and O–H groups in total. The summed E-state index contributed by atoms with van der Waals surface area (Å²) in [5.74, 6) is -0.142. The molecule has 0 atom stereocenters. The van der Waals surface area contributed by atoms with Gasteiger partial charge in [0.25, 0.3) is 5.91 Å². The number of para-hydroxylation sites is 1. The number of benzene rings is 2. The average Bonchev–Trinajstić information content (AvgIpc) is 2.77. The lowest BCUT2D eigenvalue weighted by molar-refractivity contribution is -0.110. The van der Waals surface area contributed by atoms with E-state index >= 15 is 0 Å². The summed E-state index contributed by atoms with van der Waals surface area (Å²) in [5.41, 5.74) is 5.22. The van der Waals surface area contributed by atoms with E-state index < -0.39 is 0 Å². The van der Waals surface area contributed by atoms with Crippen molar-refractivity contribution in [2.45, 2.75) is 20.3 Å². The third-order valence-corrected chi connectivity index (χ3v) is 4.07. The molecule has 3 rings (SSSR count). The molecule has 0 aromatic heterocycles. The Kier molecular flexibility index (Phi) is 3.64. The number of halogens is 1. The van der Waals surface area contributed by atoms with Crippen LogP contribution in [-0.4, -0.2) is 11.6 Å². The number of amides is 1. The SMILES string of the molecule is CCc1ccccc1N=C1C(=O)Nc2c(C)cc(Br)cc21. The maximum absolute atomic E-state index is 12.2. The molecule has 1 aliphatic rings. The molecule has 0 aliphatic carbocycles. The van der Waals surface area contributed by atoms with Gasteiger partial charge in [0.1, 0.15) is 5.71 Å². The molecule has 0 saturated carbocycles. The number of hydrogen-bond acceptors (Lipinski definition) is 2. The molecular formula is C17H15BrN2O. The van der Waals surface area contributed by atoms with Gasteiger partial charge in [-0.2, -0.15) is 0 Å². The topological polar surface area (TPSA) is 41.5 Å². The summed E-state index contributed by atoms with van der Waals surface area (Å²) in [6, 6.07) is 11.8. The molecule has 0 unspecified atom stereocenters. The first-order valence-electron chi connectivity index (χ1n) is 6.88. The van der Waals surface area contributed by atoms with Crippen LogP contribution in [0.2, 0.25) is 0 Å². The van der Waals surface area contributed by atoms with Gasteiger partial charge in [-0.15, -0.1) is 0 Å². The van der Waals surface area contributed by atoms with Crippen LogP contribution in [0.1, 0.15) is 23.6 Å². The Bertz CT molecular complexity index is 765. The molecule has 0 radical (unpaired) electrons. The van der Waals surface area contributed by atoms with Gasteiger partial charge in [-0.05, 0) is 42.7 Å². The summed E-state index contributed by atoms with van der Waals surface area (Å²) in [5, 5.41) is 2.91. The number of carbonyl (C=O) groups is 1. The molecule has 0 bridgehead atoms. The maximum atomic E-state index is 12.2. The van der Waals surface area contributed by atoms with Crippen molar-refractivity contribution in [2.75, 3.05) is 5.32 Å². The number of nitrogens with zero attached hydrogens (tertiary/aromatic N) is 1. The second kappa shape index (κ2) is 5.45. The summed E-state index contributed by atoms with van der Waals surface area (Å²) in [7, 11) is 0. The minimum atomic E-state index is -0.142. The van der Waals surface area contributed by atoms with Crippen LogP contribution in [0.4, 0.5) is 11.4 Å². The zero-order chi connectivity index (χ0) is 15.0. The third kappa shape index (κ3) is 2.51. The predicted octanol–water partition coefficient (Wildman–Crippen LogP) is 4.39. The molecule has 1 amide bonds. The van der Waals surface area contributed by atoms with Gasteiger partial charge >= 0.3 is 0 Å². The summed E-state index contributed by atoms with van der Waals surface area (Å²) < 4.78 is 0.951. The fourth-order valence-corrected chi connectivity index (χ4v) is 3.11. The molecule has 3 nitrogen and oxygen atoms in total. The first-order chi connectivity index (χ1) is 10.1. The molecule has 1 aliphatic heterocycles. The molecule has 1 heterocycles. The van der Waals surface area contributed by atoms with Gasteiger partial charge < -0.3 is 5.32 Å². The highest BCUT2D eigenvalue weighted by molar-refractivity contribution is 9.10. The van der Waals surface area contributed by atoms with Crippen LogP contribution in [0.3, 0.4) is 0 Å². The number of hydrogen-bond donors (Lipinski definition) is 1. The van der Waals surface area contributed by atoms with E-state index in [1.54, 1.807) is 0 Å². The van der Waals surface area contributed by atoms with Crippen LogP contribution in [0.25, 0.3) is 0 Å². The minimum Gasteiger partial charge on any atom is -0.320 e. The lowest BCUT2D eigenvalue weighted by Gasteiger charge is -2.05. The van der Waals surface area contributed by atoms with Crippen LogP contribution in [0.5, 0.6) is 0 Å². The van der Waals surface area contributed by atoms with Gasteiger partial charge in [-0.25, -0.2) is 4.99 Å². The van der Waals surface area contributed by atoms with Crippen molar-refractivity contribution < 1.29 is 4.79 Å². The van der Waals surface area contributed by atoms with E-state index in [4.69, 9.17) is 0 Å². The summed E-state index contributed by atoms with van der Waals surface area (Å²) in [6.45, 7) is 4.06. The van der Waals surface area contributed by atoms with Crippen LogP contribution in [0, 0.1) is 6.92 Å². The average molecular weight is 343 g/mol. The fourth-order valence-electron chi connectivity index (χ4n) is 2.54. The van der Waals surface area contributed by atoms with Crippen molar-refractivity contribution in [1.82, 2.24) is 0 Å². The van der Waals surface area contributed by atoms with Gasteiger partial charge in [-0.1, -0.05) is 41.1 Å². The smallest absolute Gasteiger partial charge is 0.275 e. The Morgan fingerprint density at radius 1 is 1.24 bits per heavy atom. The molecule has 2 aromatic rings. The lowest BCUT2D eigenvalue weighted by atomic mass is 10.1. The lowest BCUT2D eigenvalue weighted by Crippen LogP contribution is -2.14. The summed E-state index contributed by atoms with van der Waals surface area (Å²) >= 11 is 3.48. The van der Waals surface area contributed by atoms with Crippen molar-refractivity contribution >= 4 is 38.9 Å². The predicted molar refractivity (Wildman–Crippen MR) is 89.5 cm³/mol. The normalized spacial score (nSPS) is 15.2. The van der Waals surface area contributed by atoms with Gasteiger partial charge in [0.2, 0.25) is 0 Å². The minimum absolute atomic E-state index is 0.142. The molecule has 0 saturated heterocycles. The highest BCUT2D eigenvalue weighted by Gasteiger charge is 2.27. The second-order valence-electron chi connectivity index (χ2n) is 5.04. The zero-order valence-electron chi connectivity index (χ0n) is 11.9. The van der Waals surface area contributed by atoms with Crippen molar-refractivity contribution in [2.24, 2.45) is 4.99 Å². The van der Waals surface area contributed by atoms with Gasteiger partial charge in [-0.3, -0.25) is 4.79 Å². The molecule has 4 heteroatoms. The Balaban J connectivity index is 2.17. The zero-order valence-corrected chi connectivity index (χ0v) is 13.5. The number of fused-ring (bicyclic) bond motifs is 1. The maximum Gasteiger partial charge on any atom is 0.275 e. The second-order valence-corrected chi connectivity index (χ2v) is 5.96. The van der Waals surface area contributed by atoms with Crippen molar-refractivity contribution in [1.29, 1.82) is 0 Å². The fraction of sp³-hybridized carbons (Fsp3) is 0.176. The molecule has 0 fully saturated rings. The van der Waals surface area contributed by atoms with Gasteiger partial charge in [0.15, 0.2) is 0 Å². The number of aliphatic imine (C=N–C) groups is 1. The number of anilines is 1. The molecule has 21 heavy (non-hydrogen) atoms. The van der Waals surface area contributed by atoms with Crippen LogP contribution < -0.4 is 5.32 Å². The van der Waals surface area contributed by atoms with Crippen molar-refractivity contribution in [3.8, 4) is 0 Å². The first-order valence-corrected chi connectivity index (χ1v) is 7.68. The van der Waals surface area contributed by atoms with Crippen molar-refractivity contribution in [3.63, 3.8) is 0 Å². The van der Waals surface area contributed by atoms with Gasteiger partial charge in [0.05, 0.1) is 11.4 Å². The van der Waals surface area contributed by atoms with Crippen LogP contribution in [0.15, 0.2) is 45.9 Å². The Morgan fingerprint density at radius 2 is 2.00 bits per heavy atom. The van der Waals surface area contributed by atoms with Gasteiger partial charge in [0, 0.05) is 10.0 Å². The number of aryl methyl sites for hydroxylation is 2. The third-order valence-electron chi connectivity index (χ3n) is 3.61. The molecule has 106 valence electrons. The van der Waals surface area contributed by atoms with E-state index in [1.165, 1.54) is 0 Å². The highest BCUT2D eigenvalue weighted by Crippen LogP contribution is 2.32. The van der Waals surface area contributed by atoms with E-state index in [0.717, 1.165) is 39.0 Å². The Labute approximate surface area is 132 Å².